The highest BCUT2D eigenvalue weighted by atomic mass is 79.9. The van der Waals surface area contributed by atoms with E-state index in [-0.39, 0.29) is 28.9 Å². The summed E-state index contributed by atoms with van der Waals surface area (Å²) in [6, 6.07) is 14.3. The Morgan fingerprint density at radius 2 is 1.64 bits per heavy atom. The van der Waals surface area contributed by atoms with Crippen molar-refractivity contribution in [2.75, 3.05) is 5.32 Å². The van der Waals surface area contributed by atoms with E-state index in [1.54, 1.807) is 12.1 Å². The summed E-state index contributed by atoms with van der Waals surface area (Å²) in [4.78, 5) is 50.4. The maximum atomic E-state index is 14.3. The van der Waals surface area contributed by atoms with Crippen LogP contribution in [0.5, 0.6) is 0 Å². The van der Waals surface area contributed by atoms with E-state index in [4.69, 9.17) is 0 Å². The zero-order valence-corrected chi connectivity index (χ0v) is 18.4. The molecule has 0 fully saturated rings. The lowest BCUT2D eigenvalue weighted by atomic mass is 10.0. The van der Waals surface area contributed by atoms with Crippen LogP contribution in [0, 0.1) is 15.9 Å². The smallest absolute Gasteiger partial charge is 0.269 e. The van der Waals surface area contributed by atoms with Gasteiger partial charge in [-0.25, -0.2) is 4.39 Å². The molecule has 166 valence electrons. The van der Waals surface area contributed by atoms with Gasteiger partial charge in [-0.2, -0.15) is 0 Å². The Labute approximate surface area is 195 Å². The molecular weight excluding hydrogens is 497 g/mol. The first-order valence-corrected chi connectivity index (χ1v) is 10.5. The van der Waals surface area contributed by atoms with Crippen LogP contribution in [0.4, 0.5) is 15.8 Å². The molecule has 1 aliphatic rings. The van der Waals surface area contributed by atoms with Crippen LogP contribution >= 0.6 is 15.9 Å². The average molecular weight is 512 g/mol. The first-order valence-electron chi connectivity index (χ1n) is 9.72. The Kier molecular flexibility index (Phi) is 6.01. The second kappa shape index (κ2) is 8.91. The van der Waals surface area contributed by atoms with Crippen LogP contribution in [0.1, 0.15) is 26.3 Å². The minimum atomic E-state index is -1.32. The number of anilines is 1. The van der Waals surface area contributed by atoms with Gasteiger partial charge in [-0.3, -0.25) is 29.4 Å². The zero-order valence-electron chi connectivity index (χ0n) is 16.8. The summed E-state index contributed by atoms with van der Waals surface area (Å²) in [7, 11) is 0. The number of hydrogen-bond donors (Lipinski definition) is 1. The fourth-order valence-corrected chi connectivity index (χ4v) is 3.91. The largest absolute Gasteiger partial charge is 0.322 e. The molecule has 3 aromatic rings. The molecule has 0 bridgehead atoms. The van der Waals surface area contributed by atoms with Crippen molar-refractivity contribution in [2.45, 2.75) is 12.5 Å². The quantitative estimate of drug-likeness (QED) is 0.300. The number of nitrogens with zero attached hydrogens (tertiary/aromatic N) is 2. The number of fused-ring (bicyclic) bond motifs is 1. The number of benzene rings is 3. The number of nitro groups is 1. The van der Waals surface area contributed by atoms with Crippen LogP contribution in [0.15, 0.2) is 71.2 Å². The SMILES string of the molecule is O=C(Nc1ccc(Br)cc1F)[C@@H](Cc1ccc([N+](=O)[O-])cc1)N1C(=O)c2ccccc2C1=O. The predicted octanol–water partition coefficient (Wildman–Crippen LogP) is 4.34. The highest BCUT2D eigenvalue weighted by Gasteiger charge is 2.42. The zero-order chi connectivity index (χ0) is 23.7. The van der Waals surface area contributed by atoms with Gasteiger partial charge < -0.3 is 5.32 Å². The number of amides is 3. The van der Waals surface area contributed by atoms with Crippen molar-refractivity contribution in [3.63, 3.8) is 0 Å². The van der Waals surface area contributed by atoms with Gasteiger partial charge in [0.05, 0.1) is 21.7 Å². The number of nitro benzene ring substituents is 1. The van der Waals surface area contributed by atoms with Crippen LogP contribution < -0.4 is 5.32 Å². The van der Waals surface area contributed by atoms with Gasteiger partial charge in [0.1, 0.15) is 11.9 Å². The second-order valence-corrected chi connectivity index (χ2v) is 8.20. The molecule has 0 spiro atoms. The van der Waals surface area contributed by atoms with Crippen molar-refractivity contribution in [1.82, 2.24) is 4.90 Å². The predicted molar refractivity (Wildman–Crippen MR) is 120 cm³/mol. The van der Waals surface area contributed by atoms with Crippen LogP contribution in [0.2, 0.25) is 0 Å². The third kappa shape index (κ3) is 4.37. The van der Waals surface area contributed by atoms with Gasteiger partial charge in [0.15, 0.2) is 0 Å². The Morgan fingerprint density at radius 1 is 1.03 bits per heavy atom. The molecule has 0 unspecified atom stereocenters. The Bertz CT molecular complexity index is 1260. The molecule has 1 heterocycles. The molecule has 1 atom stereocenters. The van der Waals surface area contributed by atoms with Crippen molar-refractivity contribution in [2.24, 2.45) is 0 Å². The molecule has 0 saturated carbocycles. The molecule has 3 aromatic carbocycles. The summed E-state index contributed by atoms with van der Waals surface area (Å²) in [6.07, 6.45) is -0.118. The van der Waals surface area contributed by atoms with Crippen molar-refractivity contribution >= 4 is 45.0 Å². The lowest BCUT2D eigenvalue weighted by Gasteiger charge is -2.25. The van der Waals surface area contributed by atoms with E-state index in [0.29, 0.717) is 10.0 Å². The highest BCUT2D eigenvalue weighted by Crippen LogP contribution is 2.28. The maximum absolute atomic E-state index is 14.3. The van der Waals surface area contributed by atoms with E-state index in [2.05, 4.69) is 21.2 Å². The first kappa shape index (κ1) is 22.3. The van der Waals surface area contributed by atoms with Crippen molar-refractivity contribution < 1.29 is 23.7 Å². The lowest BCUT2D eigenvalue weighted by Crippen LogP contribution is -2.48. The summed E-state index contributed by atoms with van der Waals surface area (Å²) in [5.41, 5.74) is 0.553. The number of carbonyl (C=O) groups is 3. The standard InChI is InChI=1S/C23H15BrFN3O5/c24-14-7-10-19(18(25)12-14)26-21(29)20(11-13-5-8-15(9-6-13)28(32)33)27-22(30)16-3-1-2-4-17(16)23(27)31/h1-10,12,20H,11H2,(H,26,29)/t20-/m1/s1. The number of non-ortho nitro benzene ring substituents is 1. The monoisotopic (exact) mass is 511 g/mol. The van der Waals surface area contributed by atoms with Gasteiger partial charge in [0.25, 0.3) is 17.5 Å². The van der Waals surface area contributed by atoms with Crippen LogP contribution in [-0.4, -0.2) is 33.6 Å². The summed E-state index contributed by atoms with van der Waals surface area (Å²) < 4.78 is 14.8. The summed E-state index contributed by atoms with van der Waals surface area (Å²) in [6.45, 7) is 0. The van der Waals surface area contributed by atoms with E-state index < -0.39 is 34.5 Å². The van der Waals surface area contributed by atoms with Crippen LogP contribution in [0.3, 0.4) is 0 Å². The minimum Gasteiger partial charge on any atom is -0.322 e. The minimum absolute atomic E-state index is 0.117. The van der Waals surface area contributed by atoms with E-state index in [1.807, 2.05) is 0 Å². The first-order chi connectivity index (χ1) is 15.8. The third-order valence-corrected chi connectivity index (χ3v) is 5.70. The number of nitrogens with one attached hydrogen (secondary N) is 1. The summed E-state index contributed by atoms with van der Waals surface area (Å²) in [5.74, 6) is -2.76. The molecule has 0 radical (unpaired) electrons. The molecule has 1 N–H and O–H groups in total. The molecule has 0 saturated heterocycles. The van der Waals surface area contributed by atoms with Gasteiger partial charge >= 0.3 is 0 Å². The number of carbonyl (C=O) groups excluding carboxylic acids is 3. The molecule has 1 aliphatic heterocycles. The Balaban J connectivity index is 1.69. The molecule has 10 heteroatoms. The Morgan fingerprint density at radius 3 is 2.18 bits per heavy atom. The summed E-state index contributed by atoms with van der Waals surface area (Å²) in [5, 5.41) is 13.4. The molecule has 4 rings (SSSR count). The maximum Gasteiger partial charge on any atom is 0.269 e. The van der Waals surface area contributed by atoms with Gasteiger partial charge in [-0.15, -0.1) is 0 Å². The summed E-state index contributed by atoms with van der Waals surface area (Å²) >= 11 is 3.14. The van der Waals surface area contributed by atoms with Crippen molar-refractivity contribution in [3.05, 3.63) is 104 Å². The fraction of sp³-hybridized carbons (Fsp3) is 0.0870. The second-order valence-electron chi connectivity index (χ2n) is 7.28. The van der Waals surface area contributed by atoms with E-state index in [0.717, 1.165) is 4.90 Å². The van der Waals surface area contributed by atoms with E-state index in [1.165, 1.54) is 54.6 Å². The number of halogens is 2. The van der Waals surface area contributed by atoms with Gasteiger partial charge in [0, 0.05) is 23.0 Å². The van der Waals surface area contributed by atoms with Crippen LogP contribution in [0.25, 0.3) is 0 Å². The van der Waals surface area contributed by atoms with E-state index in [9.17, 15) is 28.9 Å². The normalized spacial score (nSPS) is 13.6. The molecule has 8 nitrogen and oxygen atoms in total. The molecule has 3 amide bonds. The van der Waals surface area contributed by atoms with Crippen LogP contribution in [-0.2, 0) is 11.2 Å². The fourth-order valence-electron chi connectivity index (χ4n) is 3.58. The number of rotatable bonds is 6. The average Bonchev–Trinajstić information content (AvgIpc) is 3.04. The van der Waals surface area contributed by atoms with Crippen molar-refractivity contribution in [3.8, 4) is 0 Å². The topological polar surface area (TPSA) is 110 Å². The molecule has 0 aromatic heterocycles. The highest BCUT2D eigenvalue weighted by molar-refractivity contribution is 9.10. The Hall–Kier alpha value is -3.92. The van der Waals surface area contributed by atoms with Gasteiger partial charge in [0.2, 0.25) is 5.91 Å². The molecule has 0 aliphatic carbocycles. The molecular formula is C23H15BrFN3O5. The number of imide groups is 1. The lowest BCUT2D eigenvalue weighted by molar-refractivity contribution is -0.384. The molecule has 33 heavy (non-hydrogen) atoms. The van der Waals surface area contributed by atoms with Gasteiger partial charge in [-0.05, 0) is 35.9 Å². The van der Waals surface area contributed by atoms with Crippen molar-refractivity contribution in [1.29, 1.82) is 0 Å². The van der Waals surface area contributed by atoms with Gasteiger partial charge in [-0.1, -0.05) is 40.2 Å². The van der Waals surface area contributed by atoms with E-state index >= 15 is 0 Å². The number of hydrogen-bond acceptors (Lipinski definition) is 5. The third-order valence-electron chi connectivity index (χ3n) is 5.21.